The highest BCUT2D eigenvalue weighted by molar-refractivity contribution is 9.11. The van der Waals surface area contributed by atoms with Crippen LogP contribution in [-0.2, 0) is 70.5 Å². The zero-order valence-electron chi connectivity index (χ0n) is 74.9. The number of carbonyl (C=O) groups is 4. The van der Waals surface area contributed by atoms with Crippen molar-refractivity contribution < 1.29 is 98.7 Å². The fraction of sp³-hybridized carbons (Fsp3) is 0.333. The van der Waals surface area contributed by atoms with Gasteiger partial charge in [0.2, 0.25) is 121 Å². The third kappa shape index (κ3) is 25.2. The summed E-state index contributed by atoms with van der Waals surface area (Å²) in [5, 5.41) is 84.7. The topological polar surface area (TPSA) is 274 Å². The number of fused-ring (bicyclic) bond motifs is 8. The predicted molar refractivity (Wildman–Crippen MR) is 559 cm³/mol. The van der Waals surface area contributed by atoms with Crippen LogP contribution in [0.4, 0.5) is 0 Å². The lowest BCUT2D eigenvalue weighted by Crippen LogP contribution is -2.44. The van der Waals surface area contributed by atoms with Gasteiger partial charge < -0.3 is 19.6 Å². The van der Waals surface area contributed by atoms with E-state index >= 15 is 0 Å². The van der Waals surface area contributed by atoms with Crippen LogP contribution in [0.5, 0.6) is 0 Å². The molecule has 4 fully saturated rings. The Kier molecular flexibility index (Phi) is 36.9. The van der Waals surface area contributed by atoms with Crippen LogP contribution in [0.25, 0.3) is 24.3 Å². The molecule has 4 amide bonds. The molecule has 4 atom stereocenters. The van der Waals surface area contributed by atoms with E-state index in [9.17, 15) is 60.8 Å². The molecule has 8 aromatic heterocycles. The van der Waals surface area contributed by atoms with E-state index in [-0.39, 0.29) is 101 Å². The second-order valence-corrected chi connectivity index (χ2v) is 43.2. The molecule has 142 heavy (non-hydrogen) atoms. The summed E-state index contributed by atoms with van der Waals surface area (Å²) in [5.41, 5.74) is 20.0. The molecule has 0 saturated carbocycles. The number of benzene rings is 4. The molecule has 8 N–H and O–H groups in total. The predicted octanol–water partition coefficient (Wildman–Crippen LogP) is 20.2. The number of carbonyl (C=O) groups excluding carboxylic acids is 4. The molecule has 0 spiro atoms. The summed E-state index contributed by atoms with van der Waals surface area (Å²) < 4.78 is 13.1. The number of halogens is 10. The molecule has 4 aliphatic carbocycles. The quantitative estimate of drug-likeness (QED) is 0.0419. The molecule has 0 bridgehead atoms. The number of pyridine rings is 8. The van der Waals surface area contributed by atoms with Gasteiger partial charge in [-0.25, -0.2) is 0 Å². The van der Waals surface area contributed by atoms with Crippen LogP contribution in [0.3, 0.4) is 0 Å². The van der Waals surface area contributed by atoms with Crippen LogP contribution in [-0.4, -0.2) is 137 Å². The summed E-state index contributed by atoms with van der Waals surface area (Å²) in [6.45, 7) is 5.30. The Bertz CT molecular complexity index is 6170. The average Bonchev–Trinajstić information content (AvgIpc) is 1.54. The van der Waals surface area contributed by atoms with Crippen molar-refractivity contribution in [2.45, 2.75) is 156 Å². The monoisotopic (exact) mass is 2340 g/mol. The first-order valence-corrected chi connectivity index (χ1v) is 51.8. The fourth-order valence-electron chi connectivity index (χ4n) is 21.4. The maximum atomic E-state index is 13.0. The highest BCUT2D eigenvalue weighted by Gasteiger charge is 2.47. The molecule has 744 valence electrons. The molecule has 20 rings (SSSR count). The van der Waals surface area contributed by atoms with Gasteiger partial charge in [-0.3, -0.25) is 60.8 Å². The SMILES string of the molecule is C.C.C.C.O=C(Cc1cc[n+](O)cc1)N1CCC([C@@H]2c3c(Br)cc(Cl)cc3CCc3cc(Br)c[n+](O)c32)CC1.O=C(Cc1cc[n+](O)cc1)N1CCC([C@@H]2c3c(Cl)cc(Cl)cc3CCc3cc(Br)c[n+](O)c32)CC1.O=C(Cc1cc[n+](O)cc1)N1CCC([C@@H]2c3ccc(Cl)cc3C=Cc3cc(Br)c[n+](O)c32)CC1.O=C(Cc1cc[n+](O)cc1)N1CCC([C@H]2c3ccc(Cl)cc3C=Cc3cc(Br)c[n+](O)c32)CC1. The third-order valence-corrected chi connectivity index (χ3v) is 31.6. The van der Waals surface area contributed by atoms with Gasteiger partial charge in [0, 0.05) is 191 Å². The number of hydrogen-bond donors (Lipinski definition) is 8. The van der Waals surface area contributed by atoms with Gasteiger partial charge >= 0.3 is 0 Å². The first-order chi connectivity index (χ1) is 66.4. The van der Waals surface area contributed by atoms with E-state index in [2.05, 4.69) is 116 Å². The standard InChI is InChI=1S/C26H26Br2ClN3O3.C26H26BrCl2N3O3.2C26H25BrClN3O3.4CH4/c27-20-12-19-2-1-18-13-21(29)14-22(28)24(18)25(26(19)32(35)15-20)17-5-7-30(8-6-17)23(33)11-16-3-9-31(34)10-4-16;27-20-12-19-2-1-18-13-21(28)14-22(29)24(18)25(26(19)32(35)15-20)17-5-7-30(8-6-17)23(33)11-16-3-9-31(34)10-4-16;2*27-21-14-20-2-1-19-15-22(28)3-4-23(19)25(26(20)31(34)16-21)18-7-9-29(10-8-18)24(32)13-17-5-11-30(33)12-6-17;;;;/h2*3-4,9-10,12-15,17,25,34-35H,1-2,5-8,11H2;2*1-6,11-12,14-16,18,25,33-34H,7-10,13H2;4*1H4/q4*+2;;;;/t4*25-;;;;/m1110..../s1. The minimum atomic E-state index is -0.100. The van der Waals surface area contributed by atoms with Crippen LogP contribution in [0, 0.1) is 23.7 Å². The molecule has 4 aromatic carbocycles. The molecular formula is C108H118Br5Cl5N12O12+8. The maximum Gasteiger partial charge on any atom is 0.249 e. The molecule has 0 radical (unpaired) electrons. The number of nitrogens with zero attached hydrogens (tertiary/aromatic N) is 12. The lowest BCUT2D eigenvalue weighted by molar-refractivity contribution is -0.911. The summed E-state index contributed by atoms with van der Waals surface area (Å²) in [7, 11) is 0. The first kappa shape index (κ1) is 109. The Morgan fingerprint density at radius 3 is 0.887 bits per heavy atom. The minimum Gasteiger partial charge on any atom is -0.342 e. The van der Waals surface area contributed by atoms with Crippen molar-refractivity contribution in [3.63, 3.8) is 0 Å². The maximum absolute atomic E-state index is 13.0. The van der Waals surface area contributed by atoms with Crippen LogP contribution >= 0.6 is 138 Å². The molecule has 4 aliphatic heterocycles. The van der Waals surface area contributed by atoms with Gasteiger partial charge in [0.15, 0.2) is 0 Å². The van der Waals surface area contributed by atoms with E-state index in [1.165, 1.54) is 79.6 Å². The molecule has 4 saturated heterocycles. The fourth-order valence-corrected chi connectivity index (χ4v) is 25.3. The van der Waals surface area contributed by atoms with Crippen molar-refractivity contribution in [1.82, 2.24) is 19.6 Å². The number of piperidine rings is 4. The van der Waals surface area contributed by atoms with Gasteiger partial charge in [0.25, 0.3) is 0 Å². The Morgan fingerprint density at radius 1 is 0.296 bits per heavy atom. The molecule has 12 aromatic rings. The van der Waals surface area contributed by atoms with Crippen molar-refractivity contribution in [3.8, 4) is 0 Å². The van der Waals surface area contributed by atoms with Crippen LogP contribution in [0.1, 0.15) is 217 Å². The van der Waals surface area contributed by atoms with E-state index in [0.717, 1.165) is 219 Å². The lowest BCUT2D eigenvalue weighted by atomic mass is 9.76. The summed E-state index contributed by atoms with van der Waals surface area (Å²) in [6.07, 6.45) is 38.2. The third-order valence-electron chi connectivity index (χ3n) is 28.0. The Labute approximate surface area is 895 Å². The highest BCUT2D eigenvalue weighted by atomic mass is 79.9. The van der Waals surface area contributed by atoms with Gasteiger partial charge in [-0.15, -0.1) is 0 Å². The highest BCUT2D eigenvalue weighted by Crippen LogP contribution is 2.51. The summed E-state index contributed by atoms with van der Waals surface area (Å²) >= 11 is 50.0. The Morgan fingerprint density at radius 2 is 0.563 bits per heavy atom. The average molecular weight is 2350 g/mol. The van der Waals surface area contributed by atoms with Gasteiger partial charge in [-0.1, -0.05) is 128 Å². The van der Waals surface area contributed by atoms with E-state index in [1.807, 2.05) is 86.3 Å². The van der Waals surface area contributed by atoms with Crippen molar-refractivity contribution >= 4 is 186 Å². The van der Waals surface area contributed by atoms with Gasteiger partial charge in [0.1, 0.15) is 0 Å². The van der Waals surface area contributed by atoms with Crippen molar-refractivity contribution in [1.29, 1.82) is 0 Å². The first-order valence-electron chi connectivity index (χ1n) is 45.9. The lowest BCUT2D eigenvalue weighted by Gasteiger charge is -2.36. The van der Waals surface area contributed by atoms with Crippen molar-refractivity contribution in [2.24, 2.45) is 23.7 Å². The zero-order chi connectivity index (χ0) is 97.0. The van der Waals surface area contributed by atoms with Gasteiger partial charge in [-0.05, 0) is 316 Å². The minimum absolute atomic E-state index is 0. The Balaban J connectivity index is 0.000000158. The summed E-state index contributed by atoms with van der Waals surface area (Å²) in [4.78, 5) is 59.4. The molecular weight excluding hydrogens is 2230 g/mol. The van der Waals surface area contributed by atoms with E-state index in [0.29, 0.717) is 103 Å². The number of rotatable bonds is 12. The number of likely N-dealkylation sites (tertiary alicyclic amines) is 4. The second kappa shape index (κ2) is 48.1. The largest absolute Gasteiger partial charge is 0.342 e. The van der Waals surface area contributed by atoms with Crippen molar-refractivity contribution in [2.75, 3.05) is 52.4 Å². The van der Waals surface area contributed by atoms with Gasteiger partial charge in [0.05, 0.1) is 67.2 Å². The number of aromatic nitrogens is 8. The van der Waals surface area contributed by atoms with Crippen LogP contribution < -0.4 is 37.8 Å². The van der Waals surface area contributed by atoms with Crippen molar-refractivity contribution in [3.05, 3.63) is 367 Å². The molecule has 34 heteroatoms. The van der Waals surface area contributed by atoms with E-state index in [1.54, 1.807) is 79.4 Å². The van der Waals surface area contributed by atoms with E-state index < -0.39 is 0 Å². The Hall–Kier alpha value is -10.3. The smallest absolute Gasteiger partial charge is 0.249 e. The normalized spacial score (nSPS) is 17.4. The molecule has 24 nitrogen and oxygen atoms in total. The van der Waals surface area contributed by atoms with E-state index in [4.69, 9.17) is 58.0 Å². The summed E-state index contributed by atoms with van der Waals surface area (Å²) in [6, 6.07) is 41.9. The zero-order valence-corrected chi connectivity index (χ0v) is 86.6. The number of amides is 4. The van der Waals surface area contributed by atoms with Crippen LogP contribution in [0.2, 0.25) is 25.1 Å². The number of hydrogen-bond acceptors (Lipinski definition) is 12. The number of aryl methyl sites for hydroxylation is 4. The van der Waals surface area contributed by atoms with Gasteiger partial charge in [-0.2, -0.15) is 0 Å². The molecule has 8 aliphatic rings. The summed E-state index contributed by atoms with van der Waals surface area (Å²) in [5.74, 6) is 1.16. The molecule has 12 heterocycles. The van der Waals surface area contributed by atoms with Crippen LogP contribution in [0.15, 0.2) is 230 Å². The molecule has 0 unspecified atom stereocenters. The second-order valence-electron chi connectivity index (χ2n) is 36.5.